The molecule has 2 aliphatic rings. The Morgan fingerprint density at radius 2 is 1.61 bits per heavy atom. The fraction of sp³-hybridized carbons (Fsp3) is 0.280. The number of nitrogens with one attached hydrogen (secondary N) is 2. The molecule has 0 aliphatic carbocycles. The SMILES string of the molecule is Cc1cccc(CN2CC3C(c4ccccc4)NNC3c3cc(C)ccc32)c1. The molecule has 0 saturated carbocycles. The normalized spacial score (nSPS) is 23.4. The molecule has 0 aromatic heterocycles. The minimum Gasteiger partial charge on any atom is -0.367 e. The van der Waals surface area contributed by atoms with Gasteiger partial charge in [0.2, 0.25) is 0 Å². The lowest BCUT2D eigenvalue weighted by atomic mass is 9.81. The maximum atomic E-state index is 3.61. The second-order valence-corrected chi connectivity index (χ2v) is 8.25. The predicted octanol–water partition coefficient (Wildman–Crippen LogP) is 4.83. The standard InChI is InChI=1S/C25H27N3/c1-17-7-6-8-19(13-17)15-28-16-22-24(20-9-4-3-5-10-20)26-27-25(22)21-14-18(2)11-12-23(21)28/h3-14,22,24-27H,15-16H2,1-2H3. The van der Waals surface area contributed by atoms with Crippen molar-refractivity contribution in [2.24, 2.45) is 5.92 Å². The van der Waals surface area contributed by atoms with Gasteiger partial charge in [-0.15, -0.1) is 0 Å². The van der Waals surface area contributed by atoms with E-state index in [4.69, 9.17) is 0 Å². The molecule has 2 aliphatic heterocycles. The molecule has 3 unspecified atom stereocenters. The van der Waals surface area contributed by atoms with Crippen LogP contribution in [-0.2, 0) is 6.54 Å². The van der Waals surface area contributed by atoms with Gasteiger partial charge >= 0.3 is 0 Å². The van der Waals surface area contributed by atoms with Crippen molar-refractivity contribution >= 4 is 5.69 Å². The summed E-state index contributed by atoms with van der Waals surface area (Å²) in [5.41, 5.74) is 15.3. The van der Waals surface area contributed by atoms with Gasteiger partial charge in [-0.2, -0.15) is 0 Å². The second kappa shape index (κ2) is 7.08. The summed E-state index contributed by atoms with van der Waals surface area (Å²) >= 11 is 0. The molecule has 3 aromatic carbocycles. The zero-order chi connectivity index (χ0) is 19.1. The Morgan fingerprint density at radius 3 is 2.43 bits per heavy atom. The van der Waals surface area contributed by atoms with Crippen molar-refractivity contribution in [2.45, 2.75) is 32.5 Å². The molecule has 3 nitrogen and oxygen atoms in total. The van der Waals surface area contributed by atoms with E-state index in [1.165, 1.54) is 33.5 Å². The lowest BCUT2D eigenvalue weighted by molar-refractivity contribution is 0.402. The van der Waals surface area contributed by atoms with Crippen LogP contribution in [0, 0.1) is 19.8 Å². The lowest BCUT2D eigenvalue weighted by Crippen LogP contribution is -2.39. The molecule has 0 spiro atoms. The van der Waals surface area contributed by atoms with E-state index in [-0.39, 0.29) is 0 Å². The Morgan fingerprint density at radius 1 is 0.821 bits per heavy atom. The van der Waals surface area contributed by atoms with Crippen LogP contribution in [0.15, 0.2) is 72.8 Å². The van der Waals surface area contributed by atoms with E-state index >= 15 is 0 Å². The molecule has 2 heterocycles. The van der Waals surface area contributed by atoms with Crippen molar-refractivity contribution in [3.63, 3.8) is 0 Å². The maximum Gasteiger partial charge on any atom is 0.0546 e. The third-order valence-corrected chi connectivity index (χ3v) is 6.16. The van der Waals surface area contributed by atoms with Gasteiger partial charge < -0.3 is 4.90 Å². The topological polar surface area (TPSA) is 27.3 Å². The molecule has 1 fully saturated rings. The summed E-state index contributed by atoms with van der Waals surface area (Å²) in [4.78, 5) is 2.56. The molecule has 3 heteroatoms. The Kier molecular flexibility index (Phi) is 4.42. The van der Waals surface area contributed by atoms with E-state index in [1.807, 2.05) is 0 Å². The zero-order valence-electron chi connectivity index (χ0n) is 16.5. The average Bonchev–Trinajstić information content (AvgIpc) is 3.13. The van der Waals surface area contributed by atoms with Gasteiger partial charge in [0.1, 0.15) is 0 Å². The Bertz CT molecular complexity index is 982. The first-order valence-electron chi connectivity index (χ1n) is 10.2. The number of nitrogens with zero attached hydrogens (tertiary/aromatic N) is 1. The fourth-order valence-corrected chi connectivity index (χ4v) is 4.84. The van der Waals surface area contributed by atoms with Gasteiger partial charge in [0.25, 0.3) is 0 Å². The molecule has 2 N–H and O–H groups in total. The number of rotatable bonds is 3. The van der Waals surface area contributed by atoms with Crippen molar-refractivity contribution in [3.05, 3.63) is 101 Å². The molecule has 1 saturated heterocycles. The van der Waals surface area contributed by atoms with Gasteiger partial charge in [0.15, 0.2) is 0 Å². The van der Waals surface area contributed by atoms with Crippen LogP contribution >= 0.6 is 0 Å². The predicted molar refractivity (Wildman–Crippen MR) is 115 cm³/mol. The van der Waals surface area contributed by atoms with Crippen LogP contribution in [-0.4, -0.2) is 6.54 Å². The second-order valence-electron chi connectivity index (χ2n) is 8.25. The molecular formula is C25H27N3. The first kappa shape index (κ1) is 17.5. The molecule has 142 valence electrons. The molecule has 3 aromatic rings. The molecule has 0 bridgehead atoms. The number of anilines is 1. The van der Waals surface area contributed by atoms with Crippen LogP contribution in [0.3, 0.4) is 0 Å². The maximum absolute atomic E-state index is 3.61. The minimum absolute atomic E-state index is 0.319. The van der Waals surface area contributed by atoms with Crippen molar-refractivity contribution < 1.29 is 0 Å². The Labute approximate surface area is 167 Å². The number of hydrazine groups is 1. The van der Waals surface area contributed by atoms with Crippen LogP contribution in [0.4, 0.5) is 5.69 Å². The monoisotopic (exact) mass is 369 g/mol. The molecule has 0 amide bonds. The van der Waals surface area contributed by atoms with Crippen molar-refractivity contribution in [1.82, 2.24) is 10.9 Å². The quantitative estimate of drug-likeness (QED) is 0.692. The third-order valence-electron chi connectivity index (χ3n) is 6.16. The van der Waals surface area contributed by atoms with Crippen LogP contribution in [0.5, 0.6) is 0 Å². The third kappa shape index (κ3) is 3.11. The van der Waals surface area contributed by atoms with Gasteiger partial charge in [-0.25, -0.2) is 10.9 Å². The van der Waals surface area contributed by atoms with E-state index in [1.54, 1.807) is 0 Å². The smallest absolute Gasteiger partial charge is 0.0546 e. The fourth-order valence-electron chi connectivity index (χ4n) is 4.84. The Hall–Kier alpha value is -2.62. The summed E-state index contributed by atoms with van der Waals surface area (Å²) in [7, 11) is 0. The molecular weight excluding hydrogens is 342 g/mol. The summed E-state index contributed by atoms with van der Waals surface area (Å²) < 4.78 is 0. The summed E-state index contributed by atoms with van der Waals surface area (Å²) in [5, 5.41) is 0. The van der Waals surface area contributed by atoms with E-state index in [0.717, 1.165) is 13.1 Å². The summed E-state index contributed by atoms with van der Waals surface area (Å²) in [6.45, 7) is 6.34. The van der Waals surface area contributed by atoms with Crippen LogP contribution < -0.4 is 15.8 Å². The summed E-state index contributed by atoms with van der Waals surface area (Å²) in [6, 6.07) is 27.3. The van der Waals surface area contributed by atoms with Gasteiger partial charge in [0.05, 0.1) is 12.1 Å². The van der Waals surface area contributed by atoms with Gasteiger partial charge in [0, 0.05) is 24.7 Å². The largest absolute Gasteiger partial charge is 0.367 e. The highest BCUT2D eigenvalue weighted by Crippen LogP contribution is 2.45. The van der Waals surface area contributed by atoms with Gasteiger partial charge in [-0.05, 0) is 36.6 Å². The number of aryl methyl sites for hydroxylation is 2. The van der Waals surface area contributed by atoms with E-state index in [2.05, 4.69) is 102 Å². The number of fused-ring (bicyclic) bond motifs is 3. The van der Waals surface area contributed by atoms with E-state index in [9.17, 15) is 0 Å². The first-order valence-corrected chi connectivity index (χ1v) is 10.2. The average molecular weight is 370 g/mol. The minimum atomic E-state index is 0.319. The first-order chi connectivity index (χ1) is 13.7. The van der Waals surface area contributed by atoms with E-state index < -0.39 is 0 Å². The lowest BCUT2D eigenvalue weighted by Gasteiger charge is -2.39. The number of benzene rings is 3. The number of hydrogen-bond donors (Lipinski definition) is 2. The van der Waals surface area contributed by atoms with Crippen LogP contribution in [0.25, 0.3) is 0 Å². The molecule has 0 radical (unpaired) electrons. The molecule has 28 heavy (non-hydrogen) atoms. The van der Waals surface area contributed by atoms with Crippen LogP contribution in [0.1, 0.15) is 39.9 Å². The van der Waals surface area contributed by atoms with Crippen molar-refractivity contribution in [2.75, 3.05) is 11.4 Å². The van der Waals surface area contributed by atoms with Crippen LogP contribution in [0.2, 0.25) is 0 Å². The van der Waals surface area contributed by atoms with Crippen molar-refractivity contribution in [3.8, 4) is 0 Å². The zero-order valence-corrected chi connectivity index (χ0v) is 16.5. The molecule has 5 rings (SSSR count). The molecule has 3 atom stereocenters. The van der Waals surface area contributed by atoms with Crippen molar-refractivity contribution in [1.29, 1.82) is 0 Å². The Balaban J connectivity index is 1.53. The van der Waals surface area contributed by atoms with Gasteiger partial charge in [-0.3, -0.25) is 0 Å². The highest BCUT2D eigenvalue weighted by molar-refractivity contribution is 5.59. The van der Waals surface area contributed by atoms with E-state index in [0.29, 0.717) is 18.0 Å². The summed E-state index contributed by atoms with van der Waals surface area (Å²) in [6.07, 6.45) is 0. The summed E-state index contributed by atoms with van der Waals surface area (Å²) in [5.74, 6) is 0.488. The number of hydrogen-bond acceptors (Lipinski definition) is 3. The highest BCUT2D eigenvalue weighted by Gasteiger charge is 2.43. The highest BCUT2D eigenvalue weighted by atomic mass is 15.4. The van der Waals surface area contributed by atoms with Gasteiger partial charge in [-0.1, -0.05) is 77.9 Å².